The fourth-order valence-corrected chi connectivity index (χ4v) is 3.37. The van der Waals surface area contributed by atoms with Gasteiger partial charge in [-0.1, -0.05) is 43.1 Å². The average molecular weight is 383 g/mol. The summed E-state index contributed by atoms with van der Waals surface area (Å²) < 4.78 is 25.1. The molecule has 0 aromatic heterocycles. The summed E-state index contributed by atoms with van der Waals surface area (Å²) in [6, 6.07) is 2.97. The summed E-state index contributed by atoms with van der Waals surface area (Å²) in [5.74, 6) is -0.819. The Hall–Kier alpha value is -0.860. The van der Waals surface area contributed by atoms with Crippen LogP contribution >= 0.6 is 23.2 Å². The Balaban J connectivity index is 2.98. The summed E-state index contributed by atoms with van der Waals surface area (Å²) >= 11 is 11.9. The maximum atomic E-state index is 12.4. The van der Waals surface area contributed by atoms with Gasteiger partial charge in [0.05, 0.1) is 18.9 Å². The second kappa shape index (κ2) is 8.30. The number of hydrogen-bond donors (Lipinski definition) is 3. The van der Waals surface area contributed by atoms with Crippen molar-refractivity contribution in [1.29, 1.82) is 0 Å². The predicted octanol–water partition coefficient (Wildman–Crippen LogP) is 1.72. The maximum Gasteiger partial charge on any atom is 0.239 e. The van der Waals surface area contributed by atoms with Crippen LogP contribution in [0.2, 0.25) is 10.0 Å². The number of sulfonamides is 1. The molecule has 9 heteroatoms. The van der Waals surface area contributed by atoms with E-state index in [4.69, 9.17) is 23.2 Å². The molecule has 0 fully saturated rings. The molecule has 23 heavy (non-hydrogen) atoms. The molecule has 0 aliphatic rings. The number of rotatable bonds is 7. The number of amides is 1. The van der Waals surface area contributed by atoms with Crippen LogP contribution in [0.4, 0.5) is 0 Å². The number of nitrogens with one attached hydrogen (secondary N) is 2. The minimum absolute atomic E-state index is 0.273. The number of aliphatic hydroxyl groups excluding tert-OH is 1. The molecule has 0 saturated heterocycles. The molecule has 2 atom stereocenters. The first-order chi connectivity index (χ1) is 10.5. The van der Waals surface area contributed by atoms with Crippen molar-refractivity contribution in [3.05, 3.63) is 33.8 Å². The van der Waals surface area contributed by atoms with Gasteiger partial charge in [0.2, 0.25) is 15.9 Å². The summed E-state index contributed by atoms with van der Waals surface area (Å²) in [7, 11) is -3.55. The third kappa shape index (κ3) is 6.27. The molecule has 130 valence electrons. The molecule has 0 saturated carbocycles. The number of aliphatic hydroxyl groups is 1. The second-order valence-corrected chi connectivity index (χ2v) is 8.14. The molecule has 1 aromatic carbocycles. The molecule has 1 aromatic rings. The van der Waals surface area contributed by atoms with Gasteiger partial charge < -0.3 is 10.4 Å². The van der Waals surface area contributed by atoms with Gasteiger partial charge in [-0.25, -0.2) is 13.1 Å². The maximum absolute atomic E-state index is 12.4. The summed E-state index contributed by atoms with van der Waals surface area (Å²) in [5, 5.41) is 12.9. The summed E-state index contributed by atoms with van der Waals surface area (Å²) in [6.07, 6.45) is 0.981. The molecule has 0 aliphatic carbocycles. The quantitative estimate of drug-likeness (QED) is 0.668. The van der Waals surface area contributed by atoms with E-state index in [1.54, 1.807) is 26.0 Å². The van der Waals surface area contributed by atoms with Crippen molar-refractivity contribution in [1.82, 2.24) is 10.0 Å². The van der Waals surface area contributed by atoms with Crippen molar-refractivity contribution < 1.29 is 18.3 Å². The fraction of sp³-hybridized carbons (Fsp3) is 0.500. The smallest absolute Gasteiger partial charge is 0.239 e. The van der Waals surface area contributed by atoms with Crippen LogP contribution in [-0.4, -0.2) is 38.3 Å². The number of halogens is 2. The van der Waals surface area contributed by atoms with Gasteiger partial charge in [0.25, 0.3) is 0 Å². The van der Waals surface area contributed by atoms with Crippen molar-refractivity contribution >= 4 is 39.1 Å². The van der Waals surface area contributed by atoms with Crippen molar-refractivity contribution in [3.8, 4) is 0 Å². The van der Waals surface area contributed by atoms with Gasteiger partial charge in [-0.15, -0.1) is 0 Å². The molecule has 0 bridgehead atoms. The second-order valence-electron chi connectivity index (χ2n) is 5.52. The summed E-state index contributed by atoms with van der Waals surface area (Å²) in [4.78, 5) is 12.4. The number of carbonyl (C=O) groups excluding carboxylic acids is 1. The highest BCUT2D eigenvalue weighted by Gasteiger charge is 2.28. The van der Waals surface area contributed by atoms with E-state index in [1.165, 1.54) is 6.07 Å². The van der Waals surface area contributed by atoms with E-state index < -0.39 is 34.6 Å². The largest absolute Gasteiger partial charge is 0.394 e. The highest BCUT2D eigenvalue weighted by molar-refractivity contribution is 7.88. The van der Waals surface area contributed by atoms with Crippen molar-refractivity contribution in [2.75, 3.05) is 12.9 Å². The Bertz CT molecular complexity index is 665. The fourth-order valence-electron chi connectivity index (χ4n) is 1.99. The molecule has 1 amide bonds. The molecule has 0 heterocycles. The van der Waals surface area contributed by atoms with Gasteiger partial charge >= 0.3 is 0 Å². The van der Waals surface area contributed by atoms with Crippen LogP contribution in [0.1, 0.15) is 25.5 Å². The van der Waals surface area contributed by atoms with Gasteiger partial charge in [-0.05, 0) is 23.6 Å². The summed E-state index contributed by atoms with van der Waals surface area (Å²) in [6.45, 7) is 3.04. The van der Waals surface area contributed by atoms with Crippen molar-refractivity contribution in [2.24, 2.45) is 5.92 Å². The Morgan fingerprint density at radius 1 is 1.30 bits per heavy atom. The van der Waals surface area contributed by atoms with Crippen LogP contribution in [0.3, 0.4) is 0 Å². The van der Waals surface area contributed by atoms with Gasteiger partial charge in [0.15, 0.2) is 0 Å². The molecule has 0 spiro atoms. The minimum atomic E-state index is -3.55. The van der Waals surface area contributed by atoms with E-state index in [9.17, 15) is 18.3 Å². The van der Waals surface area contributed by atoms with E-state index in [-0.39, 0.29) is 5.92 Å². The van der Waals surface area contributed by atoms with Crippen LogP contribution in [0, 0.1) is 5.92 Å². The third-order valence-electron chi connectivity index (χ3n) is 3.13. The Labute approximate surface area is 146 Å². The number of hydrogen-bond acceptors (Lipinski definition) is 4. The highest BCUT2D eigenvalue weighted by atomic mass is 35.5. The molecule has 6 nitrogen and oxygen atoms in total. The van der Waals surface area contributed by atoms with E-state index >= 15 is 0 Å². The van der Waals surface area contributed by atoms with Crippen LogP contribution in [-0.2, 0) is 14.8 Å². The first-order valence-electron chi connectivity index (χ1n) is 6.88. The van der Waals surface area contributed by atoms with E-state index in [1.807, 2.05) is 0 Å². The topological polar surface area (TPSA) is 95.5 Å². The zero-order valence-corrected chi connectivity index (χ0v) is 15.3. The van der Waals surface area contributed by atoms with E-state index in [0.717, 1.165) is 6.26 Å². The van der Waals surface area contributed by atoms with Gasteiger partial charge in [-0.2, -0.15) is 0 Å². The molecule has 0 aliphatic heterocycles. The molecule has 3 N–H and O–H groups in total. The van der Waals surface area contributed by atoms with Gasteiger partial charge in [0.1, 0.15) is 6.04 Å². The van der Waals surface area contributed by atoms with Crippen LogP contribution in [0.25, 0.3) is 0 Å². The monoisotopic (exact) mass is 382 g/mol. The highest BCUT2D eigenvalue weighted by Crippen LogP contribution is 2.26. The van der Waals surface area contributed by atoms with Crippen LogP contribution in [0.5, 0.6) is 0 Å². The third-order valence-corrected chi connectivity index (χ3v) is 4.37. The van der Waals surface area contributed by atoms with Crippen LogP contribution in [0.15, 0.2) is 18.2 Å². The SMILES string of the molecule is CC(C)C(NS(C)(=O)=O)C(=O)NC(CO)c1ccc(Cl)cc1Cl. The lowest BCUT2D eigenvalue weighted by atomic mass is 10.0. The lowest BCUT2D eigenvalue weighted by molar-refractivity contribution is -0.124. The number of carbonyl (C=O) groups is 1. The van der Waals surface area contributed by atoms with Crippen molar-refractivity contribution in [3.63, 3.8) is 0 Å². The van der Waals surface area contributed by atoms with E-state index in [0.29, 0.717) is 15.6 Å². The van der Waals surface area contributed by atoms with E-state index in [2.05, 4.69) is 10.0 Å². The first-order valence-corrected chi connectivity index (χ1v) is 9.53. The molecule has 1 rings (SSSR count). The molecule has 2 unspecified atom stereocenters. The Morgan fingerprint density at radius 2 is 1.91 bits per heavy atom. The molecule has 0 radical (unpaired) electrons. The Morgan fingerprint density at radius 3 is 2.35 bits per heavy atom. The zero-order valence-electron chi connectivity index (χ0n) is 13.0. The minimum Gasteiger partial charge on any atom is -0.394 e. The number of benzene rings is 1. The normalized spacial score (nSPS) is 14.6. The molecular formula is C14H20Cl2N2O4S. The first kappa shape index (κ1) is 20.2. The van der Waals surface area contributed by atoms with Crippen LogP contribution < -0.4 is 10.0 Å². The standard InChI is InChI=1S/C14H20Cl2N2O4S/c1-8(2)13(18-23(3,21)22)14(20)17-12(7-19)10-5-4-9(15)6-11(10)16/h4-6,8,12-13,18-19H,7H2,1-3H3,(H,17,20). The molecular weight excluding hydrogens is 363 g/mol. The zero-order chi connectivity index (χ0) is 17.8. The van der Waals surface area contributed by atoms with Gasteiger partial charge in [-0.3, -0.25) is 4.79 Å². The lowest BCUT2D eigenvalue weighted by Gasteiger charge is -2.24. The average Bonchev–Trinajstić information content (AvgIpc) is 2.41. The predicted molar refractivity (Wildman–Crippen MR) is 91.0 cm³/mol. The van der Waals surface area contributed by atoms with Gasteiger partial charge in [0, 0.05) is 10.0 Å². The Kier molecular flexibility index (Phi) is 7.29. The summed E-state index contributed by atoms with van der Waals surface area (Å²) in [5.41, 5.74) is 0.494. The lowest BCUT2D eigenvalue weighted by Crippen LogP contribution is -2.50. The van der Waals surface area contributed by atoms with Crippen molar-refractivity contribution in [2.45, 2.75) is 25.9 Å².